The maximum absolute atomic E-state index is 12.7. The number of carbonyl (C=O) groups excluding carboxylic acids is 2. The van der Waals surface area contributed by atoms with Gasteiger partial charge in [-0.05, 0) is 25.2 Å². The molecule has 26 heavy (non-hydrogen) atoms. The highest BCUT2D eigenvalue weighted by Crippen LogP contribution is 2.33. The van der Waals surface area contributed by atoms with Crippen molar-refractivity contribution in [3.05, 3.63) is 71.8 Å². The van der Waals surface area contributed by atoms with Crippen LogP contribution in [0.3, 0.4) is 0 Å². The first-order valence-corrected chi connectivity index (χ1v) is 12.1. The Hall–Kier alpha value is -2.24. The molecule has 0 saturated carbocycles. The number of ketones is 1. The highest BCUT2D eigenvalue weighted by molar-refractivity contribution is 6.69. The van der Waals surface area contributed by atoms with E-state index < -0.39 is 26.3 Å². The summed E-state index contributed by atoms with van der Waals surface area (Å²) in [5, 5.41) is 0. The zero-order valence-electron chi connectivity index (χ0n) is 15.8. The van der Waals surface area contributed by atoms with Crippen molar-refractivity contribution in [3.63, 3.8) is 0 Å². The lowest BCUT2D eigenvalue weighted by Gasteiger charge is -2.31. The minimum atomic E-state index is -1.97. The Kier molecular flexibility index (Phi) is 6.88. The molecule has 0 N–H and O–H groups in total. The van der Waals surface area contributed by atoms with E-state index in [-0.39, 0.29) is 12.2 Å². The molecule has 0 bridgehead atoms. The van der Waals surface area contributed by atoms with Crippen LogP contribution < -0.4 is 0 Å². The standard InChI is InChI=1S/C21H26O4Si/c1-24-21(23)18(15-19(22)16-11-7-5-8-12-16)20(25-26(2,3)4)17-13-9-6-10-14-17/h5-14,18,20H,15H2,1-4H3. The fourth-order valence-corrected chi connectivity index (χ4v) is 3.88. The van der Waals surface area contributed by atoms with Gasteiger partial charge in [-0.3, -0.25) is 9.59 Å². The Morgan fingerprint density at radius 1 is 0.923 bits per heavy atom. The van der Waals surface area contributed by atoms with Crippen molar-refractivity contribution in [1.29, 1.82) is 0 Å². The largest absolute Gasteiger partial charge is 0.469 e. The molecule has 0 radical (unpaired) electrons. The van der Waals surface area contributed by atoms with E-state index in [0.29, 0.717) is 5.56 Å². The molecule has 0 aliphatic rings. The van der Waals surface area contributed by atoms with Gasteiger partial charge in [-0.25, -0.2) is 0 Å². The normalized spacial score (nSPS) is 13.7. The van der Waals surface area contributed by atoms with E-state index in [1.54, 1.807) is 12.1 Å². The smallest absolute Gasteiger partial charge is 0.312 e. The van der Waals surface area contributed by atoms with Crippen molar-refractivity contribution in [2.75, 3.05) is 7.11 Å². The molecule has 2 unspecified atom stereocenters. The first-order chi connectivity index (χ1) is 12.3. The average Bonchev–Trinajstić information content (AvgIpc) is 2.64. The zero-order valence-corrected chi connectivity index (χ0v) is 16.8. The number of ether oxygens (including phenoxy) is 1. The van der Waals surface area contributed by atoms with Crippen LogP contribution in [-0.4, -0.2) is 27.2 Å². The van der Waals surface area contributed by atoms with Gasteiger partial charge in [0.2, 0.25) is 0 Å². The van der Waals surface area contributed by atoms with Crippen molar-refractivity contribution in [1.82, 2.24) is 0 Å². The van der Waals surface area contributed by atoms with E-state index in [0.717, 1.165) is 5.56 Å². The third kappa shape index (κ3) is 5.64. The topological polar surface area (TPSA) is 52.6 Å². The van der Waals surface area contributed by atoms with Crippen molar-refractivity contribution < 1.29 is 18.8 Å². The molecule has 0 aromatic heterocycles. The van der Waals surface area contributed by atoms with E-state index in [1.807, 2.05) is 48.5 Å². The fourth-order valence-electron chi connectivity index (χ4n) is 2.81. The van der Waals surface area contributed by atoms with E-state index in [2.05, 4.69) is 19.6 Å². The van der Waals surface area contributed by atoms with Gasteiger partial charge in [0, 0.05) is 12.0 Å². The number of esters is 1. The maximum Gasteiger partial charge on any atom is 0.312 e. The number of benzene rings is 2. The number of carbonyl (C=O) groups is 2. The SMILES string of the molecule is COC(=O)C(CC(=O)c1ccccc1)C(O[Si](C)(C)C)c1ccccc1. The molecule has 0 aliphatic carbocycles. The summed E-state index contributed by atoms with van der Waals surface area (Å²) in [5.74, 6) is -1.22. The second kappa shape index (κ2) is 8.92. The number of methoxy groups -OCH3 is 1. The zero-order chi connectivity index (χ0) is 19.2. The van der Waals surface area contributed by atoms with E-state index in [4.69, 9.17) is 9.16 Å². The minimum absolute atomic E-state index is 0.0424. The Balaban J connectivity index is 2.36. The molecule has 5 heteroatoms. The van der Waals surface area contributed by atoms with Gasteiger partial charge in [0.15, 0.2) is 14.1 Å². The highest BCUT2D eigenvalue weighted by atomic mass is 28.4. The Bertz CT molecular complexity index is 723. The van der Waals surface area contributed by atoms with Gasteiger partial charge in [0.05, 0.1) is 19.1 Å². The van der Waals surface area contributed by atoms with Crippen LogP contribution in [0.25, 0.3) is 0 Å². The van der Waals surface area contributed by atoms with Crippen LogP contribution in [0.1, 0.15) is 28.4 Å². The van der Waals surface area contributed by atoms with Gasteiger partial charge in [0.25, 0.3) is 0 Å². The number of Topliss-reactive ketones (excluding diaryl/α,β-unsaturated/α-hetero) is 1. The second-order valence-corrected chi connectivity index (χ2v) is 11.6. The first kappa shape index (κ1) is 20.1. The summed E-state index contributed by atoms with van der Waals surface area (Å²) in [7, 11) is -0.628. The van der Waals surface area contributed by atoms with Crippen LogP contribution in [-0.2, 0) is 14.0 Å². The molecule has 138 valence electrons. The average molecular weight is 371 g/mol. The molecular weight excluding hydrogens is 344 g/mol. The Morgan fingerprint density at radius 3 is 1.96 bits per heavy atom. The van der Waals surface area contributed by atoms with Gasteiger partial charge in [0.1, 0.15) is 0 Å². The van der Waals surface area contributed by atoms with E-state index >= 15 is 0 Å². The predicted molar refractivity (Wildman–Crippen MR) is 105 cm³/mol. The molecule has 0 amide bonds. The van der Waals surface area contributed by atoms with Crippen molar-refractivity contribution in [3.8, 4) is 0 Å². The van der Waals surface area contributed by atoms with E-state index in [1.165, 1.54) is 7.11 Å². The number of hydrogen-bond acceptors (Lipinski definition) is 4. The van der Waals surface area contributed by atoms with Gasteiger partial charge < -0.3 is 9.16 Å². The molecule has 4 nitrogen and oxygen atoms in total. The van der Waals surface area contributed by atoms with Crippen LogP contribution in [0.15, 0.2) is 60.7 Å². The Labute approximate surface area is 156 Å². The number of rotatable bonds is 8. The van der Waals surface area contributed by atoms with Crippen LogP contribution >= 0.6 is 0 Å². The second-order valence-electron chi connectivity index (χ2n) is 7.18. The molecule has 2 aromatic rings. The third-order valence-electron chi connectivity index (χ3n) is 3.98. The monoisotopic (exact) mass is 370 g/mol. The fraction of sp³-hybridized carbons (Fsp3) is 0.333. The molecule has 0 saturated heterocycles. The summed E-state index contributed by atoms with van der Waals surface area (Å²) in [6.07, 6.45) is -0.469. The lowest BCUT2D eigenvalue weighted by molar-refractivity contribution is -0.149. The molecule has 2 rings (SSSR count). The lowest BCUT2D eigenvalue weighted by atomic mass is 9.89. The lowest BCUT2D eigenvalue weighted by Crippen LogP contribution is -2.35. The predicted octanol–water partition coefficient (Wildman–Crippen LogP) is 4.64. The molecular formula is C21H26O4Si. The summed E-state index contributed by atoms with van der Waals surface area (Å²) >= 11 is 0. The summed E-state index contributed by atoms with van der Waals surface area (Å²) in [4.78, 5) is 25.3. The van der Waals surface area contributed by atoms with Gasteiger partial charge >= 0.3 is 5.97 Å². The molecule has 0 spiro atoms. The molecule has 0 heterocycles. The minimum Gasteiger partial charge on any atom is -0.469 e. The van der Waals surface area contributed by atoms with Crippen LogP contribution in [0.2, 0.25) is 19.6 Å². The maximum atomic E-state index is 12.7. The number of hydrogen-bond donors (Lipinski definition) is 0. The molecule has 2 aromatic carbocycles. The quantitative estimate of drug-likeness (QED) is 0.386. The summed E-state index contributed by atoms with van der Waals surface area (Å²) in [6, 6.07) is 18.6. The summed E-state index contributed by atoms with van der Waals surface area (Å²) < 4.78 is 11.3. The highest BCUT2D eigenvalue weighted by Gasteiger charge is 2.36. The van der Waals surface area contributed by atoms with Crippen molar-refractivity contribution in [2.24, 2.45) is 5.92 Å². The summed E-state index contributed by atoms with van der Waals surface area (Å²) in [5.41, 5.74) is 1.47. The van der Waals surface area contributed by atoms with Gasteiger partial charge in [-0.1, -0.05) is 60.7 Å². The first-order valence-electron chi connectivity index (χ1n) is 8.70. The van der Waals surface area contributed by atoms with Crippen molar-refractivity contribution >= 4 is 20.1 Å². The van der Waals surface area contributed by atoms with Crippen LogP contribution in [0.4, 0.5) is 0 Å². The van der Waals surface area contributed by atoms with Crippen molar-refractivity contribution in [2.45, 2.75) is 32.2 Å². The Morgan fingerprint density at radius 2 is 1.46 bits per heavy atom. The van der Waals surface area contributed by atoms with Crippen LogP contribution in [0.5, 0.6) is 0 Å². The molecule has 0 aliphatic heterocycles. The van der Waals surface area contributed by atoms with Gasteiger partial charge in [-0.2, -0.15) is 0 Å². The molecule has 2 atom stereocenters. The summed E-state index contributed by atoms with van der Waals surface area (Å²) in [6.45, 7) is 6.20. The van der Waals surface area contributed by atoms with Crippen LogP contribution in [0, 0.1) is 5.92 Å². The van der Waals surface area contributed by atoms with Gasteiger partial charge in [-0.15, -0.1) is 0 Å². The third-order valence-corrected chi connectivity index (χ3v) is 4.94. The molecule has 0 fully saturated rings. The van der Waals surface area contributed by atoms with E-state index in [9.17, 15) is 9.59 Å².